The summed E-state index contributed by atoms with van der Waals surface area (Å²) in [7, 11) is 3.74. The maximum absolute atomic E-state index is 14.4. The van der Waals surface area contributed by atoms with E-state index in [-0.39, 0.29) is 6.04 Å². The fourth-order valence-corrected chi connectivity index (χ4v) is 3.83. The highest BCUT2D eigenvalue weighted by atomic mass is 19.1. The quantitative estimate of drug-likeness (QED) is 0.487. The second kappa shape index (κ2) is 6.96. The molecule has 1 aliphatic rings. The lowest BCUT2D eigenvalue weighted by Crippen LogP contribution is -2.46. The molecule has 2 atom stereocenters. The molecule has 0 amide bonds. The van der Waals surface area contributed by atoms with Crippen LogP contribution in [0.15, 0.2) is 30.7 Å². The SMILES string of the molecule is CNc1nc(N[C@H]2CCN(C)C[C@@H]2F)nc2[nH]cc(-c3ccn4nccc4n3)c12. The Morgan fingerprint density at radius 3 is 2.97 bits per heavy atom. The van der Waals surface area contributed by atoms with E-state index >= 15 is 0 Å². The maximum atomic E-state index is 14.4. The van der Waals surface area contributed by atoms with Gasteiger partial charge in [0.25, 0.3) is 0 Å². The van der Waals surface area contributed by atoms with Crippen LogP contribution in [0.3, 0.4) is 0 Å². The standard InChI is InChI=1S/C19H22FN9/c1-21-17-16-11(13-5-8-29-15(24-13)3-6-23-29)9-22-18(16)27-19(26-17)25-14-4-7-28(2)10-12(14)20/h3,5-6,8-9,12,14H,4,7,10H2,1-2H3,(H3,21,22,25,26,27)/t12-,14-/m0/s1. The number of alkyl halides is 1. The van der Waals surface area contributed by atoms with Gasteiger partial charge in [-0.2, -0.15) is 15.1 Å². The molecule has 4 aromatic rings. The molecule has 29 heavy (non-hydrogen) atoms. The molecule has 1 fully saturated rings. The van der Waals surface area contributed by atoms with Crippen molar-refractivity contribution in [3.8, 4) is 11.3 Å². The molecule has 4 aromatic heterocycles. The Morgan fingerprint density at radius 1 is 1.24 bits per heavy atom. The van der Waals surface area contributed by atoms with Crippen molar-refractivity contribution < 1.29 is 4.39 Å². The fraction of sp³-hybridized carbons (Fsp3) is 0.368. The average molecular weight is 395 g/mol. The molecule has 1 saturated heterocycles. The van der Waals surface area contributed by atoms with Gasteiger partial charge in [0.05, 0.1) is 23.3 Å². The minimum atomic E-state index is -0.961. The van der Waals surface area contributed by atoms with E-state index in [0.29, 0.717) is 30.4 Å². The van der Waals surface area contributed by atoms with Gasteiger partial charge in [-0.1, -0.05) is 0 Å². The first kappa shape index (κ1) is 17.8. The molecule has 5 rings (SSSR count). The molecule has 1 aliphatic heterocycles. The summed E-state index contributed by atoms with van der Waals surface area (Å²) in [5.74, 6) is 1.07. The number of fused-ring (bicyclic) bond motifs is 2. The summed E-state index contributed by atoms with van der Waals surface area (Å²) in [5, 5.41) is 11.3. The van der Waals surface area contributed by atoms with E-state index in [1.807, 2.05) is 43.5 Å². The second-order valence-corrected chi connectivity index (χ2v) is 7.34. The first-order chi connectivity index (χ1) is 14.1. The zero-order valence-corrected chi connectivity index (χ0v) is 16.2. The van der Waals surface area contributed by atoms with Crippen LogP contribution in [0, 0.1) is 0 Å². The molecule has 0 unspecified atom stereocenters. The molecule has 0 radical (unpaired) electrons. The lowest BCUT2D eigenvalue weighted by Gasteiger charge is -2.32. The second-order valence-electron chi connectivity index (χ2n) is 7.34. The molecule has 9 nitrogen and oxygen atoms in total. The third kappa shape index (κ3) is 3.15. The summed E-state index contributed by atoms with van der Waals surface area (Å²) < 4.78 is 16.1. The number of hydrogen-bond donors (Lipinski definition) is 3. The van der Waals surface area contributed by atoms with Crippen LogP contribution >= 0.6 is 0 Å². The molecular formula is C19H22FN9. The normalized spacial score (nSPS) is 20.4. The largest absolute Gasteiger partial charge is 0.372 e. The molecule has 0 spiro atoms. The number of aromatic nitrogens is 6. The van der Waals surface area contributed by atoms with Gasteiger partial charge in [-0.05, 0) is 19.5 Å². The Bertz CT molecular complexity index is 1170. The number of halogens is 1. The number of piperidine rings is 1. The summed E-state index contributed by atoms with van der Waals surface area (Å²) in [6.07, 6.45) is 5.19. The Morgan fingerprint density at radius 2 is 2.14 bits per heavy atom. The van der Waals surface area contributed by atoms with Crippen molar-refractivity contribution in [1.82, 2.24) is 34.4 Å². The Kier molecular flexibility index (Phi) is 4.27. The van der Waals surface area contributed by atoms with Crippen molar-refractivity contribution >= 4 is 28.4 Å². The molecular weight excluding hydrogens is 373 g/mol. The smallest absolute Gasteiger partial charge is 0.226 e. The number of hydrogen-bond acceptors (Lipinski definition) is 7. The van der Waals surface area contributed by atoms with Crippen molar-refractivity contribution in [3.05, 3.63) is 30.7 Å². The van der Waals surface area contributed by atoms with Crippen LogP contribution in [0.5, 0.6) is 0 Å². The molecule has 0 aliphatic carbocycles. The number of rotatable bonds is 4. The van der Waals surface area contributed by atoms with Gasteiger partial charge in [0.2, 0.25) is 5.95 Å². The summed E-state index contributed by atoms with van der Waals surface area (Å²) >= 11 is 0. The average Bonchev–Trinajstić information content (AvgIpc) is 3.35. The van der Waals surface area contributed by atoms with Crippen LogP contribution in [-0.4, -0.2) is 73.8 Å². The molecule has 5 heterocycles. The van der Waals surface area contributed by atoms with Gasteiger partial charge in [-0.3, -0.25) is 0 Å². The number of aromatic amines is 1. The molecule has 0 saturated carbocycles. The van der Waals surface area contributed by atoms with Crippen LogP contribution in [0.25, 0.3) is 27.9 Å². The fourth-order valence-electron chi connectivity index (χ4n) is 3.83. The van der Waals surface area contributed by atoms with Gasteiger partial charge in [0, 0.05) is 44.2 Å². The van der Waals surface area contributed by atoms with Crippen LogP contribution in [0.1, 0.15) is 6.42 Å². The van der Waals surface area contributed by atoms with Gasteiger partial charge >= 0.3 is 0 Å². The van der Waals surface area contributed by atoms with Gasteiger partial charge in [-0.25, -0.2) is 13.9 Å². The van der Waals surface area contributed by atoms with E-state index in [0.717, 1.165) is 28.8 Å². The third-order valence-electron chi connectivity index (χ3n) is 5.36. The van der Waals surface area contributed by atoms with E-state index in [9.17, 15) is 4.39 Å². The van der Waals surface area contributed by atoms with Crippen molar-refractivity contribution in [2.45, 2.75) is 18.6 Å². The number of nitrogens with zero attached hydrogens (tertiary/aromatic N) is 6. The first-order valence-electron chi connectivity index (χ1n) is 9.59. The highest BCUT2D eigenvalue weighted by Gasteiger charge is 2.28. The minimum Gasteiger partial charge on any atom is -0.372 e. The van der Waals surface area contributed by atoms with Crippen LogP contribution in [0.2, 0.25) is 0 Å². The first-order valence-corrected chi connectivity index (χ1v) is 9.59. The summed E-state index contributed by atoms with van der Waals surface area (Å²) in [6, 6.07) is 3.46. The van der Waals surface area contributed by atoms with Gasteiger partial charge in [0.15, 0.2) is 5.65 Å². The number of anilines is 2. The predicted molar refractivity (Wildman–Crippen MR) is 110 cm³/mol. The summed E-state index contributed by atoms with van der Waals surface area (Å²) in [6.45, 7) is 1.25. The van der Waals surface area contributed by atoms with Crippen LogP contribution in [-0.2, 0) is 0 Å². The van der Waals surface area contributed by atoms with Crippen molar-refractivity contribution in [1.29, 1.82) is 0 Å². The van der Waals surface area contributed by atoms with Gasteiger partial charge in [-0.15, -0.1) is 0 Å². The number of H-pyrrole nitrogens is 1. The van der Waals surface area contributed by atoms with E-state index in [2.05, 4.69) is 35.7 Å². The lowest BCUT2D eigenvalue weighted by atomic mass is 10.0. The minimum absolute atomic E-state index is 0.297. The van der Waals surface area contributed by atoms with Crippen LogP contribution in [0.4, 0.5) is 16.2 Å². The Hall–Kier alpha value is -3.27. The van der Waals surface area contributed by atoms with Crippen molar-refractivity contribution in [2.75, 3.05) is 37.8 Å². The monoisotopic (exact) mass is 395 g/mol. The summed E-state index contributed by atoms with van der Waals surface area (Å²) in [4.78, 5) is 19.0. The lowest BCUT2D eigenvalue weighted by molar-refractivity contribution is 0.149. The Balaban J connectivity index is 1.52. The van der Waals surface area contributed by atoms with E-state index in [4.69, 9.17) is 0 Å². The predicted octanol–water partition coefficient (Wildman–Crippen LogP) is 2.16. The van der Waals surface area contributed by atoms with E-state index in [1.165, 1.54) is 0 Å². The third-order valence-corrected chi connectivity index (χ3v) is 5.36. The van der Waals surface area contributed by atoms with Crippen LogP contribution < -0.4 is 10.6 Å². The number of likely N-dealkylation sites (tertiary alicyclic amines) is 1. The number of nitrogens with one attached hydrogen (secondary N) is 3. The molecule has 3 N–H and O–H groups in total. The van der Waals surface area contributed by atoms with Gasteiger partial charge in [0.1, 0.15) is 17.6 Å². The van der Waals surface area contributed by atoms with Gasteiger partial charge < -0.3 is 20.5 Å². The van der Waals surface area contributed by atoms with Crippen molar-refractivity contribution in [3.63, 3.8) is 0 Å². The molecule has 0 bridgehead atoms. The highest BCUT2D eigenvalue weighted by Crippen LogP contribution is 2.32. The highest BCUT2D eigenvalue weighted by molar-refractivity contribution is 6.00. The zero-order chi connectivity index (χ0) is 20.0. The Labute approximate surface area is 166 Å². The maximum Gasteiger partial charge on any atom is 0.226 e. The van der Waals surface area contributed by atoms with Crippen molar-refractivity contribution in [2.24, 2.45) is 0 Å². The molecule has 0 aromatic carbocycles. The molecule has 150 valence electrons. The zero-order valence-electron chi connectivity index (χ0n) is 16.2. The topological polar surface area (TPSA) is 99.1 Å². The van der Waals surface area contributed by atoms with E-state index < -0.39 is 6.17 Å². The summed E-state index contributed by atoms with van der Waals surface area (Å²) in [5.41, 5.74) is 3.12. The van der Waals surface area contributed by atoms with E-state index in [1.54, 1.807) is 10.7 Å². The molecule has 10 heteroatoms.